The molecule has 0 amide bonds. The third kappa shape index (κ3) is 5.26. The lowest BCUT2D eigenvalue weighted by molar-refractivity contribution is -0.292. The molecule has 136 valence electrons. The van der Waals surface area contributed by atoms with Crippen LogP contribution >= 0.6 is 23.2 Å². The van der Waals surface area contributed by atoms with E-state index in [4.69, 9.17) is 23.2 Å². The van der Waals surface area contributed by atoms with Gasteiger partial charge in [0.2, 0.25) is 0 Å². The zero-order chi connectivity index (χ0) is 18.8. The van der Waals surface area contributed by atoms with Gasteiger partial charge < -0.3 is 4.74 Å². The summed E-state index contributed by atoms with van der Waals surface area (Å²) >= 11 is 11.2. The minimum absolute atomic E-state index is 0.148. The van der Waals surface area contributed by atoms with E-state index in [-0.39, 0.29) is 10.0 Å². The number of halogens is 8. The highest BCUT2D eigenvalue weighted by Crippen LogP contribution is 2.45. The Morgan fingerprint density at radius 2 is 0.880 bits per heavy atom. The Morgan fingerprint density at radius 3 is 1.12 bits per heavy atom. The molecule has 0 saturated carbocycles. The quantitative estimate of drug-likeness (QED) is 0.504. The van der Waals surface area contributed by atoms with Gasteiger partial charge in [-0.1, -0.05) is 47.5 Å². The second kappa shape index (κ2) is 7.43. The molecule has 25 heavy (non-hydrogen) atoms. The predicted molar refractivity (Wildman–Crippen MR) is 81.6 cm³/mol. The van der Waals surface area contributed by atoms with Gasteiger partial charge in [0.15, 0.2) is 12.2 Å². The molecule has 0 heterocycles. The van der Waals surface area contributed by atoms with Crippen molar-refractivity contribution in [2.45, 2.75) is 24.6 Å². The van der Waals surface area contributed by atoms with Gasteiger partial charge in [-0.05, 0) is 35.4 Å². The van der Waals surface area contributed by atoms with E-state index in [0.717, 1.165) is 48.5 Å². The maximum absolute atomic E-state index is 13.3. The van der Waals surface area contributed by atoms with Gasteiger partial charge in [0, 0.05) is 10.0 Å². The van der Waals surface area contributed by atoms with Crippen LogP contribution in [0.1, 0.15) is 23.3 Å². The Balaban J connectivity index is 2.42. The highest BCUT2D eigenvalue weighted by atomic mass is 35.5. The lowest BCUT2D eigenvalue weighted by Gasteiger charge is -2.28. The predicted octanol–water partition coefficient (Wildman–Crippen LogP) is 6.92. The monoisotopic (exact) mass is 402 g/mol. The van der Waals surface area contributed by atoms with Crippen molar-refractivity contribution in [2.24, 2.45) is 0 Å². The molecule has 9 heteroatoms. The molecule has 0 spiro atoms. The Morgan fingerprint density at radius 1 is 0.600 bits per heavy atom. The van der Waals surface area contributed by atoms with Crippen molar-refractivity contribution in [2.75, 3.05) is 0 Å². The van der Waals surface area contributed by atoms with E-state index in [0.29, 0.717) is 0 Å². The summed E-state index contributed by atoms with van der Waals surface area (Å²) in [5.41, 5.74) is -0.972. The fraction of sp³-hybridized carbons (Fsp3) is 0.250. The van der Waals surface area contributed by atoms with E-state index < -0.39 is 35.7 Å². The molecular weight excluding hydrogens is 393 g/mol. The Labute approximate surface area is 149 Å². The molecule has 0 bridgehead atoms. The van der Waals surface area contributed by atoms with Crippen LogP contribution in [0.4, 0.5) is 26.3 Å². The smallest absolute Gasteiger partial charge is 0.347 e. The number of alkyl halides is 6. The first-order valence-corrected chi connectivity index (χ1v) is 7.54. The summed E-state index contributed by atoms with van der Waals surface area (Å²) in [4.78, 5) is 0. The molecule has 0 radical (unpaired) electrons. The maximum Gasteiger partial charge on any atom is 0.418 e. The lowest BCUT2D eigenvalue weighted by Crippen LogP contribution is -2.31. The molecule has 2 aromatic rings. The maximum atomic E-state index is 13.3. The normalized spacial score (nSPS) is 15.0. The van der Waals surface area contributed by atoms with Gasteiger partial charge in [0.05, 0.1) is 0 Å². The van der Waals surface area contributed by atoms with Crippen LogP contribution in [0.2, 0.25) is 10.0 Å². The van der Waals surface area contributed by atoms with E-state index in [1.165, 1.54) is 0 Å². The van der Waals surface area contributed by atoms with Gasteiger partial charge in [0.1, 0.15) is 0 Å². The van der Waals surface area contributed by atoms with Gasteiger partial charge in [-0.25, -0.2) is 0 Å². The first-order chi connectivity index (χ1) is 11.5. The Kier molecular flexibility index (Phi) is 5.91. The van der Waals surface area contributed by atoms with Crippen LogP contribution in [-0.4, -0.2) is 12.4 Å². The standard InChI is InChI=1S/C16H10Cl2F6O/c17-11-5-1-9(2-6-11)13(15(19,20)21)25-14(16(22,23)24)10-3-7-12(18)8-4-10/h1-8,13-14H. The second-order valence-electron chi connectivity index (χ2n) is 5.08. The zero-order valence-electron chi connectivity index (χ0n) is 12.2. The fourth-order valence-corrected chi connectivity index (χ4v) is 2.35. The van der Waals surface area contributed by atoms with E-state index in [1.54, 1.807) is 0 Å². The molecule has 0 aliphatic rings. The molecule has 0 saturated heterocycles. The fourth-order valence-electron chi connectivity index (χ4n) is 2.10. The van der Waals surface area contributed by atoms with E-state index in [2.05, 4.69) is 4.74 Å². The molecule has 2 unspecified atom stereocenters. The number of hydrogen-bond acceptors (Lipinski definition) is 1. The second-order valence-corrected chi connectivity index (χ2v) is 5.96. The molecule has 0 aliphatic carbocycles. The topological polar surface area (TPSA) is 9.23 Å². The average Bonchev–Trinajstić information content (AvgIpc) is 2.48. The van der Waals surface area contributed by atoms with Gasteiger partial charge in [-0.2, -0.15) is 26.3 Å². The number of benzene rings is 2. The minimum atomic E-state index is -5.05. The largest absolute Gasteiger partial charge is 0.418 e. The summed E-state index contributed by atoms with van der Waals surface area (Å²) in [6.45, 7) is 0. The SMILES string of the molecule is FC(F)(F)C(OC(c1ccc(Cl)cc1)C(F)(F)F)c1ccc(Cl)cc1. The summed E-state index contributed by atoms with van der Waals surface area (Å²) in [6, 6.07) is 8.44. The molecule has 0 fully saturated rings. The van der Waals surface area contributed by atoms with Crippen LogP contribution in [0.3, 0.4) is 0 Å². The van der Waals surface area contributed by atoms with Crippen molar-refractivity contribution in [3.63, 3.8) is 0 Å². The Bertz CT molecular complexity index is 633. The van der Waals surface area contributed by atoms with Crippen LogP contribution in [-0.2, 0) is 4.74 Å². The number of rotatable bonds is 4. The summed E-state index contributed by atoms with van der Waals surface area (Å²) in [5.74, 6) is 0. The average molecular weight is 403 g/mol. The number of ether oxygens (including phenoxy) is 1. The van der Waals surface area contributed by atoms with Crippen LogP contribution in [0, 0.1) is 0 Å². The molecule has 1 nitrogen and oxygen atoms in total. The molecular formula is C16H10Cl2F6O. The van der Waals surface area contributed by atoms with Gasteiger partial charge in [0.25, 0.3) is 0 Å². The van der Waals surface area contributed by atoms with E-state index in [1.807, 2.05) is 0 Å². The highest BCUT2D eigenvalue weighted by Gasteiger charge is 2.50. The van der Waals surface area contributed by atoms with Crippen LogP contribution in [0.5, 0.6) is 0 Å². The molecule has 2 rings (SSSR count). The van der Waals surface area contributed by atoms with Crippen LogP contribution in [0.15, 0.2) is 48.5 Å². The van der Waals surface area contributed by atoms with Crippen LogP contribution in [0.25, 0.3) is 0 Å². The molecule has 0 aromatic heterocycles. The van der Waals surface area contributed by atoms with Crippen molar-refractivity contribution in [3.8, 4) is 0 Å². The molecule has 0 N–H and O–H groups in total. The van der Waals surface area contributed by atoms with Crippen molar-refractivity contribution >= 4 is 23.2 Å². The summed E-state index contributed by atoms with van der Waals surface area (Å²) < 4.78 is 84.2. The van der Waals surface area contributed by atoms with E-state index >= 15 is 0 Å². The van der Waals surface area contributed by atoms with Gasteiger partial charge in [-0.3, -0.25) is 0 Å². The number of hydrogen-bond donors (Lipinski definition) is 0. The zero-order valence-corrected chi connectivity index (χ0v) is 13.7. The highest BCUT2D eigenvalue weighted by molar-refractivity contribution is 6.30. The van der Waals surface area contributed by atoms with Crippen LogP contribution < -0.4 is 0 Å². The van der Waals surface area contributed by atoms with Gasteiger partial charge >= 0.3 is 12.4 Å². The summed E-state index contributed by atoms with van der Waals surface area (Å²) in [5, 5.41) is 0.296. The summed E-state index contributed by atoms with van der Waals surface area (Å²) in [6.07, 6.45) is -15.6. The molecule has 0 aliphatic heterocycles. The van der Waals surface area contributed by atoms with Crippen molar-refractivity contribution < 1.29 is 31.1 Å². The molecule has 2 aromatic carbocycles. The third-order valence-electron chi connectivity index (χ3n) is 3.21. The first-order valence-electron chi connectivity index (χ1n) is 6.78. The minimum Gasteiger partial charge on any atom is -0.347 e. The van der Waals surface area contributed by atoms with Crippen molar-refractivity contribution in [1.82, 2.24) is 0 Å². The first kappa shape index (κ1) is 19.9. The summed E-state index contributed by atoms with van der Waals surface area (Å²) in [7, 11) is 0. The Hall–Kier alpha value is -1.44. The lowest BCUT2D eigenvalue weighted by atomic mass is 10.1. The van der Waals surface area contributed by atoms with Gasteiger partial charge in [-0.15, -0.1) is 0 Å². The van der Waals surface area contributed by atoms with Crippen molar-refractivity contribution in [1.29, 1.82) is 0 Å². The van der Waals surface area contributed by atoms with E-state index in [9.17, 15) is 26.3 Å². The van der Waals surface area contributed by atoms with Crippen molar-refractivity contribution in [3.05, 3.63) is 69.7 Å². The third-order valence-corrected chi connectivity index (χ3v) is 3.72. The molecule has 2 atom stereocenters.